The van der Waals surface area contributed by atoms with Gasteiger partial charge in [0.25, 0.3) is 0 Å². The van der Waals surface area contributed by atoms with Crippen LogP contribution in [0.3, 0.4) is 0 Å². The Morgan fingerprint density at radius 1 is 1.36 bits per heavy atom. The molecule has 2 heteroatoms. The minimum absolute atomic E-state index is 0.551. The van der Waals surface area contributed by atoms with Crippen molar-refractivity contribution in [2.45, 2.75) is 27.2 Å². The Morgan fingerprint density at radius 2 is 2.00 bits per heavy atom. The summed E-state index contributed by atoms with van der Waals surface area (Å²) in [4.78, 5) is 0. The maximum atomic E-state index is 5.58. The molecule has 0 spiro atoms. The maximum Gasteiger partial charge on any atom is 0.0506 e. The van der Waals surface area contributed by atoms with E-state index in [1.165, 1.54) is 6.42 Å². The van der Waals surface area contributed by atoms with Crippen LogP contribution in [0.4, 0.5) is 0 Å². The van der Waals surface area contributed by atoms with E-state index < -0.39 is 0 Å². The van der Waals surface area contributed by atoms with E-state index in [0.29, 0.717) is 5.92 Å². The molecule has 0 aliphatic carbocycles. The van der Waals surface area contributed by atoms with Crippen LogP contribution >= 0.6 is 0 Å². The lowest BCUT2D eigenvalue weighted by Crippen LogP contribution is -2.21. The van der Waals surface area contributed by atoms with Crippen molar-refractivity contribution in [1.82, 2.24) is 0 Å². The van der Waals surface area contributed by atoms with Crippen LogP contribution < -0.4 is 5.73 Å². The Bertz CT molecular complexity index is 83.6. The smallest absolute Gasteiger partial charge is 0.0506 e. The van der Waals surface area contributed by atoms with Gasteiger partial charge in [-0.2, -0.15) is 0 Å². The van der Waals surface area contributed by atoms with Gasteiger partial charge in [0.05, 0.1) is 6.61 Å². The fraction of sp³-hybridized carbons (Fsp3) is 1.00. The first-order valence-electron chi connectivity index (χ1n) is 4.48. The quantitative estimate of drug-likeness (QED) is 0.639. The highest BCUT2D eigenvalue weighted by Gasteiger charge is 2.08. The third-order valence-electron chi connectivity index (χ3n) is 1.70. The molecule has 0 radical (unpaired) electrons. The Balaban J connectivity index is 3.41. The molecule has 0 saturated heterocycles. The van der Waals surface area contributed by atoms with Gasteiger partial charge in [0.15, 0.2) is 0 Å². The van der Waals surface area contributed by atoms with Crippen LogP contribution in [0.25, 0.3) is 0 Å². The van der Waals surface area contributed by atoms with E-state index in [2.05, 4.69) is 13.8 Å². The van der Waals surface area contributed by atoms with Gasteiger partial charge in [0.1, 0.15) is 0 Å². The fourth-order valence-electron chi connectivity index (χ4n) is 1.18. The number of hydrogen-bond acceptors (Lipinski definition) is 2. The molecule has 1 unspecified atom stereocenters. The highest BCUT2D eigenvalue weighted by molar-refractivity contribution is 4.60. The second-order valence-electron chi connectivity index (χ2n) is 3.39. The number of nitrogens with two attached hydrogens (primary N) is 1. The van der Waals surface area contributed by atoms with Gasteiger partial charge in [0, 0.05) is 6.61 Å². The van der Waals surface area contributed by atoms with Gasteiger partial charge in [-0.05, 0) is 31.7 Å². The average molecular weight is 159 g/mol. The summed E-state index contributed by atoms with van der Waals surface area (Å²) in [7, 11) is 0. The predicted molar refractivity (Wildman–Crippen MR) is 48.5 cm³/mol. The number of hydrogen-bond donors (Lipinski definition) is 1. The van der Waals surface area contributed by atoms with Gasteiger partial charge in [-0.1, -0.05) is 13.8 Å². The van der Waals surface area contributed by atoms with Crippen molar-refractivity contribution in [2.75, 3.05) is 19.8 Å². The minimum atomic E-state index is 0.551. The first-order chi connectivity index (χ1) is 5.20. The molecule has 0 saturated carbocycles. The van der Waals surface area contributed by atoms with Gasteiger partial charge >= 0.3 is 0 Å². The van der Waals surface area contributed by atoms with Crippen LogP contribution in [0, 0.1) is 11.8 Å². The Hall–Kier alpha value is -0.0800. The van der Waals surface area contributed by atoms with Crippen molar-refractivity contribution in [1.29, 1.82) is 0 Å². The summed E-state index contributed by atoms with van der Waals surface area (Å²) in [5.41, 5.74) is 5.58. The molecule has 2 N–H and O–H groups in total. The SMILES string of the molecule is CCOCC(CN)CC(C)C. The fourth-order valence-corrected chi connectivity index (χ4v) is 1.18. The third-order valence-corrected chi connectivity index (χ3v) is 1.70. The van der Waals surface area contributed by atoms with E-state index in [9.17, 15) is 0 Å². The molecule has 0 rings (SSSR count). The molecule has 0 amide bonds. The van der Waals surface area contributed by atoms with Gasteiger partial charge < -0.3 is 10.5 Å². The Kier molecular flexibility index (Phi) is 6.57. The second-order valence-corrected chi connectivity index (χ2v) is 3.39. The molecule has 0 heterocycles. The van der Waals surface area contributed by atoms with Gasteiger partial charge in [-0.3, -0.25) is 0 Å². The highest BCUT2D eigenvalue weighted by atomic mass is 16.5. The van der Waals surface area contributed by atoms with Crippen LogP contribution in [-0.2, 0) is 4.74 Å². The van der Waals surface area contributed by atoms with Crippen molar-refractivity contribution in [2.24, 2.45) is 17.6 Å². The number of ether oxygens (including phenoxy) is 1. The summed E-state index contributed by atoms with van der Waals surface area (Å²) in [6.45, 7) is 8.82. The van der Waals surface area contributed by atoms with E-state index in [1.807, 2.05) is 6.92 Å². The van der Waals surface area contributed by atoms with Crippen LogP contribution in [0.5, 0.6) is 0 Å². The summed E-state index contributed by atoms with van der Waals surface area (Å²) < 4.78 is 5.31. The maximum absolute atomic E-state index is 5.58. The van der Waals surface area contributed by atoms with Crippen molar-refractivity contribution in [3.05, 3.63) is 0 Å². The van der Waals surface area contributed by atoms with E-state index in [1.54, 1.807) is 0 Å². The molecule has 0 aromatic heterocycles. The Morgan fingerprint density at radius 3 is 2.36 bits per heavy atom. The van der Waals surface area contributed by atoms with Gasteiger partial charge in [-0.15, -0.1) is 0 Å². The lowest BCUT2D eigenvalue weighted by molar-refractivity contribution is 0.105. The van der Waals surface area contributed by atoms with E-state index in [4.69, 9.17) is 10.5 Å². The molecule has 68 valence electrons. The minimum Gasteiger partial charge on any atom is -0.381 e. The molecular weight excluding hydrogens is 138 g/mol. The van der Waals surface area contributed by atoms with E-state index in [0.717, 1.165) is 25.7 Å². The largest absolute Gasteiger partial charge is 0.381 e. The zero-order valence-electron chi connectivity index (χ0n) is 7.97. The predicted octanol–water partition coefficient (Wildman–Crippen LogP) is 1.64. The lowest BCUT2D eigenvalue weighted by atomic mass is 9.98. The monoisotopic (exact) mass is 159 g/mol. The molecule has 0 aliphatic heterocycles. The first kappa shape index (κ1) is 10.9. The highest BCUT2D eigenvalue weighted by Crippen LogP contribution is 2.10. The normalized spacial score (nSPS) is 13.9. The zero-order chi connectivity index (χ0) is 8.69. The van der Waals surface area contributed by atoms with E-state index in [-0.39, 0.29) is 0 Å². The standard InChI is InChI=1S/C9H21NO/c1-4-11-7-9(6-10)5-8(2)3/h8-9H,4-7,10H2,1-3H3. The first-order valence-corrected chi connectivity index (χ1v) is 4.48. The average Bonchev–Trinajstić information content (AvgIpc) is 1.97. The molecule has 1 atom stereocenters. The van der Waals surface area contributed by atoms with E-state index >= 15 is 0 Å². The molecule has 11 heavy (non-hydrogen) atoms. The van der Waals surface area contributed by atoms with Gasteiger partial charge in [-0.25, -0.2) is 0 Å². The molecular formula is C9H21NO. The van der Waals surface area contributed by atoms with Crippen molar-refractivity contribution < 1.29 is 4.74 Å². The van der Waals surface area contributed by atoms with Crippen LogP contribution in [-0.4, -0.2) is 19.8 Å². The molecule has 2 nitrogen and oxygen atoms in total. The van der Waals surface area contributed by atoms with Crippen LogP contribution in [0.2, 0.25) is 0 Å². The van der Waals surface area contributed by atoms with Crippen LogP contribution in [0.15, 0.2) is 0 Å². The van der Waals surface area contributed by atoms with Crippen molar-refractivity contribution in [3.8, 4) is 0 Å². The zero-order valence-corrected chi connectivity index (χ0v) is 7.97. The summed E-state index contributed by atoms with van der Waals surface area (Å²) in [5, 5.41) is 0. The van der Waals surface area contributed by atoms with Crippen molar-refractivity contribution in [3.63, 3.8) is 0 Å². The summed E-state index contributed by atoms with van der Waals surface area (Å²) >= 11 is 0. The topological polar surface area (TPSA) is 35.2 Å². The summed E-state index contributed by atoms with van der Waals surface area (Å²) in [6, 6.07) is 0. The molecule has 0 fully saturated rings. The van der Waals surface area contributed by atoms with Crippen molar-refractivity contribution >= 4 is 0 Å². The molecule has 0 aromatic carbocycles. The molecule has 0 aliphatic rings. The lowest BCUT2D eigenvalue weighted by Gasteiger charge is -2.16. The summed E-state index contributed by atoms with van der Waals surface area (Å²) in [5.74, 6) is 1.28. The van der Waals surface area contributed by atoms with Crippen LogP contribution in [0.1, 0.15) is 27.2 Å². The summed E-state index contributed by atoms with van der Waals surface area (Å²) in [6.07, 6.45) is 1.18. The van der Waals surface area contributed by atoms with Gasteiger partial charge in [0.2, 0.25) is 0 Å². The number of rotatable bonds is 6. The third kappa shape index (κ3) is 6.32. The second kappa shape index (κ2) is 6.62. The molecule has 0 bridgehead atoms. The Labute approximate surface area is 70.1 Å². The molecule has 0 aromatic rings.